The largest absolute Gasteiger partial charge is 0.343 e. The van der Waals surface area contributed by atoms with Gasteiger partial charge in [0.2, 0.25) is 5.91 Å². The van der Waals surface area contributed by atoms with Crippen LogP contribution in [0, 0.1) is 0 Å². The Kier molecular flexibility index (Phi) is 8.05. The van der Waals surface area contributed by atoms with E-state index in [4.69, 9.17) is 0 Å². The first-order valence-electron chi connectivity index (χ1n) is 8.18. The van der Waals surface area contributed by atoms with Gasteiger partial charge in [-0.25, -0.2) is 0 Å². The maximum Gasteiger partial charge on any atom is 0.223 e. The van der Waals surface area contributed by atoms with Gasteiger partial charge < -0.3 is 10.2 Å². The van der Waals surface area contributed by atoms with Gasteiger partial charge in [-0.3, -0.25) is 9.48 Å². The molecule has 1 aromatic rings. The lowest BCUT2D eigenvalue weighted by molar-refractivity contribution is -0.130. The van der Waals surface area contributed by atoms with Gasteiger partial charge in [-0.2, -0.15) is 5.10 Å². The van der Waals surface area contributed by atoms with Gasteiger partial charge in [-0.15, -0.1) is 0 Å². The molecule has 0 aliphatic heterocycles. The van der Waals surface area contributed by atoms with Crippen molar-refractivity contribution in [2.24, 2.45) is 0 Å². The van der Waals surface area contributed by atoms with E-state index in [2.05, 4.69) is 41.2 Å². The second-order valence-electron chi connectivity index (χ2n) is 5.25. The molecule has 0 aliphatic rings. The summed E-state index contributed by atoms with van der Waals surface area (Å²) in [5.41, 5.74) is 1.04. The molecule has 0 fully saturated rings. The van der Waals surface area contributed by atoms with Crippen molar-refractivity contribution in [2.75, 3.05) is 19.6 Å². The van der Waals surface area contributed by atoms with E-state index in [9.17, 15) is 4.79 Å². The van der Waals surface area contributed by atoms with Crippen LogP contribution < -0.4 is 5.32 Å². The number of hydrogen-bond acceptors (Lipinski definition) is 3. The second-order valence-corrected chi connectivity index (χ2v) is 5.25. The minimum atomic E-state index is 0.218. The zero-order chi connectivity index (χ0) is 15.7. The monoisotopic (exact) mass is 294 g/mol. The first-order valence-corrected chi connectivity index (χ1v) is 8.18. The van der Waals surface area contributed by atoms with Crippen molar-refractivity contribution in [1.82, 2.24) is 20.0 Å². The number of carbonyl (C=O) groups excluding carboxylic acids is 1. The molecule has 0 saturated carbocycles. The first kappa shape index (κ1) is 17.7. The molecule has 5 nitrogen and oxygen atoms in total. The highest BCUT2D eigenvalue weighted by Crippen LogP contribution is 2.14. The maximum absolute atomic E-state index is 11.9. The molecule has 0 aromatic carbocycles. The Morgan fingerprint density at radius 2 is 1.95 bits per heavy atom. The summed E-state index contributed by atoms with van der Waals surface area (Å²) >= 11 is 0. The molecular weight excluding hydrogens is 264 g/mol. The molecule has 0 radical (unpaired) electrons. The van der Waals surface area contributed by atoms with Gasteiger partial charge in [-0.05, 0) is 32.8 Å². The van der Waals surface area contributed by atoms with Crippen LogP contribution in [0.2, 0.25) is 0 Å². The Hall–Kier alpha value is -1.36. The van der Waals surface area contributed by atoms with Crippen LogP contribution in [-0.4, -0.2) is 40.2 Å². The average Bonchev–Trinajstić information content (AvgIpc) is 2.95. The third-order valence-corrected chi connectivity index (χ3v) is 3.92. The summed E-state index contributed by atoms with van der Waals surface area (Å²) < 4.78 is 2.05. The van der Waals surface area contributed by atoms with E-state index < -0.39 is 0 Å². The Bertz CT molecular complexity index is 408. The Morgan fingerprint density at radius 1 is 1.29 bits per heavy atom. The molecule has 0 atom stereocenters. The van der Waals surface area contributed by atoms with Crippen molar-refractivity contribution < 1.29 is 4.79 Å². The number of amides is 1. The molecule has 0 unspecified atom stereocenters. The lowest BCUT2D eigenvalue weighted by atomic mass is 10.2. The number of nitrogens with zero attached hydrogens (tertiary/aromatic N) is 3. The number of hydrogen-bond donors (Lipinski definition) is 1. The summed E-state index contributed by atoms with van der Waals surface area (Å²) in [6.45, 7) is 11.4. The predicted molar refractivity (Wildman–Crippen MR) is 86.1 cm³/mol. The third kappa shape index (κ3) is 5.50. The molecule has 0 spiro atoms. The fraction of sp³-hybridized carbons (Fsp3) is 0.750. The maximum atomic E-state index is 11.9. The quantitative estimate of drug-likeness (QED) is 0.675. The molecule has 21 heavy (non-hydrogen) atoms. The van der Waals surface area contributed by atoms with Crippen molar-refractivity contribution in [1.29, 1.82) is 0 Å². The van der Waals surface area contributed by atoms with Crippen LogP contribution in [0.1, 0.15) is 58.7 Å². The minimum absolute atomic E-state index is 0.218. The molecule has 5 heteroatoms. The Balaban J connectivity index is 2.32. The highest BCUT2D eigenvalue weighted by atomic mass is 16.2. The standard InChI is InChI=1S/C16H30N4O/c1-5-15(6-2)20-12-10-14(18-20)13-17-11-9-16(21)19(7-3)8-4/h10,12,15,17H,5-9,11,13H2,1-4H3. The normalized spacial score (nSPS) is 11.1. The lowest BCUT2D eigenvalue weighted by Crippen LogP contribution is -2.32. The van der Waals surface area contributed by atoms with Crippen molar-refractivity contribution in [3.8, 4) is 0 Å². The van der Waals surface area contributed by atoms with Gasteiger partial charge in [-0.1, -0.05) is 13.8 Å². The van der Waals surface area contributed by atoms with Crippen molar-refractivity contribution >= 4 is 5.91 Å². The molecule has 1 N–H and O–H groups in total. The highest BCUT2D eigenvalue weighted by Gasteiger charge is 2.09. The van der Waals surface area contributed by atoms with Crippen LogP contribution >= 0.6 is 0 Å². The summed E-state index contributed by atoms with van der Waals surface area (Å²) in [6, 6.07) is 2.54. The van der Waals surface area contributed by atoms with Gasteiger partial charge >= 0.3 is 0 Å². The lowest BCUT2D eigenvalue weighted by Gasteiger charge is -2.18. The van der Waals surface area contributed by atoms with Crippen LogP contribution in [-0.2, 0) is 11.3 Å². The van der Waals surface area contributed by atoms with Gasteiger partial charge in [0, 0.05) is 38.8 Å². The highest BCUT2D eigenvalue weighted by molar-refractivity contribution is 5.76. The summed E-state index contributed by atoms with van der Waals surface area (Å²) in [4.78, 5) is 13.7. The molecule has 1 aromatic heterocycles. The van der Waals surface area contributed by atoms with Crippen LogP contribution in [0.3, 0.4) is 0 Å². The summed E-state index contributed by atoms with van der Waals surface area (Å²) in [7, 11) is 0. The van der Waals surface area contributed by atoms with E-state index in [1.54, 1.807) is 0 Å². The van der Waals surface area contributed by atoms with E-state index >= 15 is 0 Å². The van der Waals surface area contributed by atoms with Crippen LogP contribution in [0.15, 0.2) is 12.3 Å². The van der Waals surface area contributed by atoms with Crippen molar-refractivity contribution in [3.05, 3.63) is 18.0 Å². The molecule has 0 bridgehead atoms. The van der Waals surface area contributed by atoms with Crippen LogP contribution in [0.4, 0.5) is 0 Å². The van der Waals surface area contributed by atoms with Gasteiger partial charge in [0.1, 0.15) is 0 Å². The smallest absolute Gasteiger partial charge is 0.223 e. The fourth-order valence-electron chi connectivity index (χ4n) is 2.48. The number of aromatic nitrogens is 2. The van der Waals surface area contributed by atoms with E-state index in [1.807, 2.05) is 18.7 Å². The molecule has 0 saturated heterocycles. The van der Waals surface area contributed by atoms with Crippen molar-refractivity contribution in [2.45, 2.75) is 59.5 Å². The number of carbonyl (C=O) groups is 1. The van der Waals surface area contributed by atoms with Gasteiger partial charge in [0.25, 0.3) is 0 Å². The minimum Gasteiger partial charge on any atom is -0.343 e. The van der Waals surface area contributed by atoms with Crippen molar-refractivity contribution in [3.63, 3.8) is 0 Å². The van der Waals surface area contributed by atoms with E-state index in [0.717, 1.165) is 38.2 Å². The predicted octanol–water partition coefficient (Wildman–Crippen LogP) is 2.59. The fourth-order valence-corrected chi connectivity index (χ4v) is 2.48. The van der Waals surface area contributed by atoms with E-state index in [-0.39, 0.29) is 5.91 Å². The first-order chi connectivity index (χ1) is 10.2. The van der Waals surface area contributed by atoms with Gasteiger partial charge in [0.05, 0.1) is 11.7 Å². The molecule has 1 amide bonds. The average molecular weight is 294 g/mol. The molecular formula is C16H30N4O. The SMILES string of the molecule is CCC(CC)n1ccc(CNCCC(=O)N(CC)CC)n1. The summed E-state index contributed by atoms with van der Waals surface area (Å²) in [5, 5.41) is 7.90. The topological polar surface area (TPSA) is 50.2 Å². The van der Waals surface area contributed by atoms with E-state index in [0.29, 0.717) is 19.0 Å². The zero-order valence-electron chi connectivity index (χ0n) is 13.9. The number of nitrogens with one attached hydrogen (secondary N) is 1. The zero-order valence-corrected chi connectivity index (χ0v) is 13.9. The van der Waals surface area contributed by atoms with Crippen LogP contribution in [0.5, 0.6) is 0 Å². The molecule has 120 valence electrons. The van der Waals surface area contributed by atoms with Crippen LogP contribution in [0.25, 0.3) is 0 Å². The molecule has 0 aliphatic carbocycles. The Labute approximate surface area is 128 Å². The number of rotatable bonds is 10. The molecule has 1 rings (SSSR count). The Morgan fingerprint density at radius 3 is 2.52 bits per heavy atom. The summed E-state index contributed by atoms with van der Waals surface area (Å²) in [6.07, 6.45) is 4.80. The van der Waals surface area contributed by atoms with Gasteiger partial charge in [0.15, 0.2) is 0 Å². The molecule has 1 heterocycles. The third-order valence-electron chi connectivity index (χ3n) is 3.92. The second kappa shape index (κ2) is 9.55. The van der Waals surface area contributed by atoms with E-state index in [1.165, 1.54) is 0 Å². The summed E-state index contributed by atoms with van der Waals surface area (Å²) in [5.74, 6) is 0.218.